The molecule has 0 aromatic rings. The molecule has 1 fully saturated rings. The van der Waals surface area contributed by atoms with E-state index in [4.69, 9.17) is 0 Å². The Labute approximate surface area is 63.9 Å². The maximum Gasteiger partial charge on any atom is 0.295 e. The third kappa shape index (κ3) is 2.93. The third-order valence-electron chi connectivity index (χ3n) is 0.861. The number of halogens is 1. The minimum Gasteiger partial charge on any atom is -0.439 e. The van der Waals surface area contributed by atoms with Gasteiger partial charge in [-0.25, -0.2) is 0 Å². The predicted molar refractivity (Wildman–Crippen MR) is 38.6 cm³/mol. The van der Waals surface area contributed by atoms with Gasteiger partial charge in [0.2, 0.25) is 5.56 Å². The lowest BCUT2D eigenvalue weighted by Gasteiger charge is -2.03. The highest BCUT2D eigenvalue weighted by atomic mass is 35.5. The van der Waals surface area contributed by atoms with E-state index in [1.165, 1.54) is 0 Å². The van der Waals surface area contributed by atoms with Crippen LogP contribution in [-0.4, -0.2) is 24.3 Å². The van der Waals surface area contributed by atoms with Crippen molar-refractivity contribution in [1.29, 1.82) is 0 Å². The molecule has 0 aromatic carbocycles. The summed E-state index contributed by atoms with van der Waals surface area (Å²) in [6.07, 6.45) is 0. The molecule has 1 saturated heterocycles. The molecule has 1 aliphatic rings. The van der Waals surface area contributed by atoms with Gasteiger partial charge in [0.1, 0.15) is 0 Å². The second-order valence-electron chi connectivity index (χ2n) is 1.39. The van der Waals surface area contributed by atoms with Crippen molar-refractivity contribution in [2.75, 3.05) is 12.3 Å². The van der Waals surface area contributed by atoms with Gasteiger partial charge in [-0.3, -0.25) is 10.1 Å². The SMILES string of the molecule is Cl.O=COC1NCCS1. The van der Waals surface area contributed by atoms with Gasteiger partial charge in [0.25, 0.3) is 6.47 Å². The van der Waals surface area contributed by atoms with Gasteiger partial charge in [-0.2, -0.15) is 0 Å². The van der Waals surface area contributed by atoms with E-state index in [9.17, 15) is 4.79 Å². The first-order chi connectivity index (χ1) is 3.93. The maximum atomic E-state index is 9.69. The van der Waals surface area contributed by atoms with Crippen molar-refractivity contribution in [3.63, 3.8) is 0 Å². The van der Waals surface area contributed by atoms with Crippen molar-refractivity contribution in [3.05, 3.63) is 0 Å². The van der Waals surface area contributed by atoms with Crippen molar-refractivity contribution in [1.82, 2.24) is 5.32 Å². The van der Waals surface area contributed by atoms with Crippen LogP contribution in [0.4, 0.5) is 0 Å². The smallest absolute Gasteiger partial charge is 0.295 e. The first kappa shape index (κ1) is 9.07. The first-order valence-corrected chi connectivity index (χ1v) is 3.42. The van der Waals surface area contributed by atoms with E-state index in [-0.39, 0.29) is 18.0 Å². The summed E-state index contributed by atoms with van der Waals surface area (Å²) in [6, 6.07) is 0. The fourth-order valence-electron chi connectivity index (χ4n) is 0.540. The highest BCUT2D eigenvalue weighted by Gasteiger charge is 2.13. The van der Waals surface area contributed by atoms with Crippen LogP contribution in [0.2, 0.25) is 0 Å². The number of carbonyl (C=O) groups is 1. The number of carbonyl (C=O) groups excluding carboxylic acids is 1. The number of nitrogens with one attached hydrogen (secondary N) is 1. The normalized spacial score (nSPS) is 24.7. The number of rotatable bonds is 2. The van der Waals surface area contributed by atoms with Gasteiger partial charge < -0.3 is 4.74 Å². The van der Waals surface area contributed by atoms with Gasteiger partial charge in [0.15, 0.2) is 0 Å². The van der Waals surface area contributed by atoms with E-state index in [0.29, 0.717) is 6.47 Å². The van der Waals surface area contributed by atoms with E-state index in [1.807, 2.05) is 0 Å². The molecule has 1 atom stereocenters. The summed E-state index contributed by atoms with van der Waals surface area (Å²) in [5, 5.41) is 2.97. The zero-order valence-electron chi connectivity index (χ0n) is 4.70. The molecule has 3 nitrogen and oxygen atoms in total. The van der Waals surface area contributed by atoms with Crippen molar-refractivity contribution < 1.29 is 9.53 Å². The molecule has 0 aromatic heterocycles. The minimum absolute atomic E-state index is 0. The Kier molecular flexibility index (Phi) is 4.94. The number of hydrogen-bond donors (Lipinski definition) is 1. The maximum absolute atomic E-state index is 9.69. The van der Waals surface area contributed by atoms with E-state index >= 15 is 0 Å². The number of hydrogen-bond acceptors (Lipinski definition) is 4. The van der Waals surface area contributed by atoms with Crippen LogP contribution in [-0.2, 0) is 9.53 Å². The molecule has 54 valence electrons. The zero-order valence-corrected chi connectivity index (χ0v) is 6.33. The highest BCUT2D eigenvalue weighted by Crippen LogP contribution is 2.12. The molecule has 1 aliphatic heterocycles. The molecule has 0 radical (unpaired) electrons. The monoisotopic (exact) mass is 169 g/mol. The fraction of sp³-hybridized carbons (Fsp3) is 0.750. The predicted octanol–water partition coefficient (Wildman–Crippen LogP) is 0.201. The molecule has 1 rings (SSSR count). The summed E-state index contributed by atoms with van der Waals surface area (Å²) in [6.45, 7) is 1.40. The third-order valence-corrected chi connectivity index (χ3v) is 1.88. The van der Waals surface area contributed by atoms with Crippen LogP contribution in [0.15, 0.2) is 0 Å². The average molecular weight is 170 g/mol. The molecule has 0 saturated carbocycles. The van der Waals surface area contributed by atoms with E-state index < -0.39 is 0 Å². The Hall–Kier alpha value is 0.0700. The average Bonchev–Trinajstić information content (AvgIpc) is 2.19. The van der Waals surface area contributed by atoms with Gasteiger partial charge >= 0.3 is 0 Å². The van der Waals surface area contributed by atoms with Crippen molar-refractivity contribution in [2.45, 2.75) is 5.56 Å². The van der Waals surface area contributed by atoms with Gasteiger partial charge in [0.05, 0.1) is 0 Å². The Morgan fingerprint density at radius 1 is 1.78 bits per heavy atom. The van der Waals surface area contributed by atoms with E-state index in [0.717, 1.165) is 12.3 Å². The van der Waals surface area contributed by atoms with Gasteiger partial charge in [-0.15, -0.1) is 24.2 Å². The molecule has 1 unspecified atom stereocenters. The molecular weight excluding hydrogens is 162 g/mol. The first-order valence-electron chi connectivity index (χ1n) is 2.37. The Morgan fingerprint density at radius 3 is 3.00 bits per heavy atom. The Balaban J connectivity index is 0.000000640. The number of thioether (sulfide) groups is 1. The second kappa shape index (κ2) is 4.90. The van der Waals surface area contributed by atoms with Crippen molar-refractivity contribution in [2.24, 2.45) is 0 Å². The molecule has 1 N–H and O–H groups in total. The largest absolute Gasteiger partial charge is 0.439 e. The standard InChI is InChI=1S/C4H7NO2S.ClH/c6-3-7-4-5-1-2-8-4;/h3-5H,1-2H2;1H. The highest BCUT2D eigenvalue weighted by molar-refractivity contribution is 8.00. The topological polar surface area (TPSA) is 38.3 Å². The quantitative estimate of drug-likeness (QED) is 0.600. The van der Waals surface area contributed by atoms with Crippen molar-refractivity contribution >= 4 is 30.6 Å². The molecule has 1 heterocycles. The van der Waals surface area contributed by atoms with Gasteiger partial charge in [-0.05, 0) is 0 Å². The molecule has 5 heteroatoms. The summed E-state index contributed by atoms with van der Waals surface area (Å²) in [5.74, 6) is 1.03. The van der Waals surface area contributed by atoms with E-state index in [1.54, 1.807) is 11.8 Å². The molecule has 0 amide bonds. The van der Waals surface area contributed by atoms with Gasteiger partial charge in [-0.1, -0.05) is 0 Å². The minimum atomic E-state index is -0.0903. The summed E-state index contributed by atoms with van der Waals surface area (Å²) in [5.41, 5.74) is -0.0903. The summed E-state index contributed by atoms with van der Waals surface area (Å²) in [7, 11) is 0. The Morgan fingerprint density at radius 2 is 2.56 bits per heavy atom. The molecule has 9 heavy (non-hydrogen) atoms. The van der Waals surface area contributed by atoms with E-state index in [2.05, 4.69) is 10.1 Å². The lowest BCUT2D eigenvalue weighted by molar-refractivity contribution is -0.130. The van der Waals surface area contributed by atoms with Crippen LogP contribution < -0.4 is 5.32 Å². The molecule has 0 spiro atoms. The Bertz CT molecular complexity index is 86.6. The van der Waals surface area contributed by atoms with Crippen molar-refractivity contribution in [3.8, 4) is 0 Å². The summed E-state index contributed by atoms with van der Waals surface area (Å²) >= 11 is 1.60. The van der Waals surface area contributed by atoms with Crippen LogP contribution >= 0.6 is 24.2 Å². The zero-order chi connectivity index (χ0) is 5.82. The fourth-order valence-corrected chi connectivity index (χ4v) is 1.35. The number of ether oxygens (including phenoxy) is 1. The lowest BCUT2D eigenvalue weighted by atomic mass is 10.8. The molecular formula is C4H8ClNO2S. The lowest BCUT2D eigenvalue weighted by Crippen LogP contribution is -2.21. The summed E-state index contributed by atoms with van der Waals surface area (Å²) in [4.78, 5) is 9.69. The molecule has 0 aliphatic carbocycles. The van der Waals surface area contributed by atoms with Crippen LogP contribution in [0.3, 0.4) is 0 Å². The summed E-state index contributed by atoms with van der Waals surface area (Å²) < 4.78 is 4.57. The van der Waals surface area contributed by atoms with Crippen LogP contribution in [0.5, 0.6) is 0 Å². The van der Waals surface area contributed by atoms with Crippen LogP contribution in [0.1, 0.15) is 0 Å². The van der Waals surface area contributed by atoms with Crippen LogP contribution in [0, 0.1) is 0 Å². The van der Waals surface area contributed by atoms with Crippen LogP contribution in [0.25, 0.3) is 0 Å². The molecule has 0 bridgehead atoms. The second-order valence-corrected chi connectivity index (χ2v) is 2.56. The van der Waals surface area contributed by atoms with Gasteiger partial charge in [0, 0.05) is 12.3 Å².